The van der Waals surface area contributed by atoms with Crippen molar-refractivity contribution in [2.24, 2.45) is 0 Å². The van der Waals surface area contributed by atoms with Crippen LogP contribution in [0.15, 0.2) is 29.2 Å². The van der Waals surface area contributed by atoms with Crippen LogP contribution in [0.4, 0.5) is 40.8 Å². The number of nitrogens with zero attached hydrogens (tertiary/aromatic N) is 1. The van der Waals surface area contributed by atoms with Gasteiger partial charge in [0.1, 0.15) is 4.90 Å². The van der Waals surface area contributed by atoms with E-state index >= 15 is 0 Å². The summed E-state index contributed by atoms with van der Waals surface area (Å²) in [6, 6.07) is 3.46. The minimum absolute atomic E-state index is 0.673. The summed E-state index contributed by atoms with van der Waals surface area (Å²) in [5.41, 5.74) is -1.01. The lowest BCUT2D eigenvalue weighted by Crippen LogP contribution is -2.59. The molecule has 0 spiro atoms. The molecule has 1 aromatic carbocycles. The fourth-order valence-electron chi connectivity index (χ4n) is 1.79. The number of carbonyl (C=O) groups is 1. The number of ether oxygens (including phenoxy) is 1. The summed E-state index contributed by atoms with van der Waals surface area (Å²) in [6.45, 7) is -2.85. The highest BCUT2D eigenvalue weighted by Crippen LogP contribution is 2.48. The van der Waals surface area contributed by atoms with Crippen molar-refractivity contribution in [2.45, 2.75) is 29.1 Å². The van der Waals surface area contributed by atoms with Crippen molar-refractivity contribution in [3.05, 3.63) is 34.4 Å². The molecule has 0 aliphatic rings. The number of sulfone groups is 1. The van der Waals surface area contributed by atoms with Gasteiger partial charge in [-0.3, -0.25) is 14.9 Å². The summed E-state index contributed by atoms with van der Waals surface area (Å²) >= 11 is 0. The maximum atomic E-state index is 13.3. The second-order valence-electron chi connectivity index (χ2n) is 5.35. The van der Waals surface area contributed by atoms with E-state index in [9.17, 15) is 58.4 Å². The topological polar surface area (TPSA) is 104 Å². The SMILES string of the molecule is O=C(CS(=O)(=O)c1ccccc1[N+](=O)[O-])OCC(F)(F)C(F)(F)C(F)(F)C(F)F. The van der Waals surface area contributed by atoms with Crippen LogP contribution < -0.4 is 0 Å². The van der Waals surface area contributed by atoms with E-state index in [2.05, 4.69) is 4.74 Å². The van der Waals surface area contributed by atoms with Gasteiger partial charge in [-0.1, -0.05) is 12.1 Å². The minimum Gasteiger partial charge on any atom is -0.458 e. The normalized spacial score (nSPS) is 13.4. The van der Waals surface area contributed by atoms with Gasteiger partial charge >= 0.3 is 30.2 Å². The van der Waals surface area contributed by atoms with Gasteiger partial charge in [-0.05, 0) is 6.07 Å². The van der Waals surface area contributed by atoms with Crippen molar-refractivity contribution >= 4 is 21.5 Å². The number of nitro groups is 1. The Balaban J connectivity index is 2.97. The van der Waals surface area contributed by atoms with Crippen LogP contribution in [0.2, 0.25) is 0 Å². The van der Waals surface area contributed by atoms with Gasteiger partial charge in [0.05, 0.1) is 4.92 Å². The molecule has 0 aromatic heterocycles. The van der Waals surface area contributed by atoms with Crippen molar-refractivity contribution in [1.29, 1.82) is 0 Å². The largest absolute Gasteiger partial charge is 0.458 e. The smallest absolute Gasteiger partial charge is 0.381 e. The predicted molar refractivity (Wildman–Crippen MR) is 77.0 cm³/mol. The van der Waals surface area contributed by atoms with Gasteiger partial charge in [0.2, 0.25) is 0 Å². The molecule has 164 valence electrons. The maximum absolute atomic E-state index is 13.3. The Kier molecular flexibility index (Phi) is 6.83. The third-order valence-electron chi connectivity index (χ3n) is 3.27. The number of benzene rings is 1. The fraction of sp³-hybridized carbons (Fsp3) is 0.462. The summed E-state index contributed by atoms with van der Waals surface area (Å²) < 4.78 is 129. The Morgan fingerprint density at radius 3 is 2.10 bits per heavy atom. The molecule has 0 aliphatic carbocycles. The van der Waals surface area contributed by atoms with E-state index in [1.54, 1.807) is 0 Å². The van der Waals surface area contributed by atoms with Crippen LogP contribution in [0, 0.1) is 10.1 Å². The molecule has 0 saturated heterocycles. The second-order valence-corrected chi connectivity index (χ2v) is 7.31. The summed E-state index contributed by atoms with van der Waals surface area (Å²) in [6.07, 6.45) is -5.18. The lowest BCUT2D eigenvalue weighted by atomic mass is 10.1. The number of para-hydroxylation sites is 1. The van der Waals surface area contributed by atoms with E-state index in [4.69, 9.17) is 0 Å². The van der Waals surface area contributed by atoms with Crippen molar-refractivity contribution in [1.82, 2.24) is 0 Å². The highest BCUT2D eigenvalue weighted by Gasteiger charge is 2.75. The van der Waals surface area contributed by atoms with E-state index in [-0.39, 0.29) is 0 Å². The van der Waals surface area contributed by atoms with Crippen LogP contribution in [0.25, 0.3) is 0 Å². The van der Waals surface area contributed by atoms with Gasteiger partial charge in [-0.25, -0.2) is 17.2 Å². The molecule has 0 N–H and O–H groups in total. The first kappa shape index (κ1) is 24.5. The number of hydrogen-bond donors (Lipinski definition) is 0. The van der Waals surface area contributed by atoms with Gasteiger partial charge in [-0.2, -0.15) is 26.3 Å². The molecule has 7 nitrogen and oxygen atoms in total. The van der Waals surface area contributed by atoms with Gasteiger partial charge < -0.3 is 4.74 Å². The number of carbonyl (C=O) groups excluding carboxylic acids is 1. The molecule has 0 unspecified atom stereocenters. The van der Waals surface area contributed by atoms with Crippen molar-refractivity contribution < 1.29 is 58.0 Å². The number of esters is 1. The number of nitro benzene ring substituents is 1. The van der Waals surface area contributed by atoms with Gasteiger partial charge in [0.15, 0.2) is 22.2 Å². The van der Waals surface area contributed by atoms with Crippen LogP contribution in [0.5, 0.6) is 0 Å². The van der Waals surface area contributed by atoms with E-state index in [1.807, 2.05) is 0 Å². The van der Waals surface area contributed by atoms with E-state index in [0.717, 1.165) is 18.2 Å². The summed E-state index contributed by atoms with van der Waals surface area (Å²) in [4.78, 5) is 20.0. The molecule has 1 rings (SSSR count). The van der Waals surface area contributed by atoms with Crippen LogP contribution in [0.1, 0.15) is 0 Å². The fourth-order valence-corrected chi connectivity index (χ4v) is 3.08. The molecule has 0 atom stereocenters. The zero-order chi connectivity index (χ0) is 22.8. The summed E-state index contributed by atoms with van der Waals surface area (Å²) in [5, 5.41) is 10.8. The second kappa shape index (κ2) is 8.08. The van der Waals surface area contributed by atoms with Gasteiger partial charge in [-0.15, -0.1) is 0 Å². The molecule has 1 aromatic rings. The molecular formula is C13H9F8NO6S. The first-order chi connectivity index (χ1) is 13.0. The molecule has 0 amide bonds. The number of rotatable bonds is 9. The first-order valence-electron chi connectivity index (χ1n) is 7.01. The van der Waals surface area contributed by atoms with E-state index in [1.165, 1.54) is 0 Å². The predicted octanol–water partition coefficient (Wildman–Crippen LogP) is 3.08. The zero-order valence-corrected chi connectivity index (χ0v) is 14.4. The Labute approximate surface area is 156 Å². The van der Waals surface area contributed by atoms with Crippen LogP contribution >= 0.6 is 0 Å². The van der Waals surface area contributed by atoms with Crippen molar-refractivity contribution in [3.8, 4) is 0 Å². The number of hydrogen-bond acceptors (Lipinski definition) is 6. The zero-order valence-electron chi connectivity index (χ0n) is 13.6. The highest BCUT2D eigenvalue weighted by molar-refractivity contribution is 7.92. The van der Waals surface area contributed by atoms with Gasteiger partial charge in [0.25, 0.3) is 5.69 Å². The Morgan fingerprint density at radius 2 is 1.62 bits per heavy atom. The summed E-state index contributed by atoms with van der Waals surface area (Å²) in [5.74, 6) is -23.2. The van der Waals surface area contributed by atoms with Crippen molar-refractivity contribution in [2.75, 3.05) is 12.4 Å². The molecular weight excluding hydrogens is 450 g/mol. The quantitative estimate of drug-likeness (QED) is 0.243. The molecule has 0 fully saturated rings. The van der Waals surface area contributed by atoms with E-state index in [0.29, 0.717) is 6.07 Å². The Hall–Kier alpha value is -2.52. The standard InChI is InChI=1S/C13H9F8NO6S/c14-10(15)12(18,19)13(20,21)11(16,17)6-28-9(23)5-29(26,27)8-4-2-1-3-7(8)22(24)25/h1-4,10H,5-6H2. The third kappa shape index (κ3) is 4.91. The lowest BCUT2D eigenvalue weighted by molar-refractivity contribution is -0.387. The molecule has 0 radical (unpaired) electrons. The van der Waals surface area contributed by atoms with Crippen LogP contribution in [-0.2, 0) is 19.4 Å². The molecule has 29 heavy (non-hydrogen) atoms. The molecule has 0 saturated carbocycles. The number of halogens is 8. The molecule has 0 bridgehead atoms. The number of alkyl halides is 8. The minimum atomic E-state index is -6.65. The highest BCUT2D eigenvalue weighted by atomic mass is 32.2. The third-order valence-corrected chi connectivity index (χ3v) is 4.90. The monoisotopic (exact) mass is 459 g/mol. The Morgan fingerprint density at radius 1 is 1.10 bits per heavy atom. The molecule has 0 aliphatic heterocycles. The Bertz CT molecular complexity index is 889. The summed E-state index contributed by atoms with van der Waals surface area (Å²) in [7, 11) is -4.90. The van der Waals surface area contributed by atoms with E-state index < -0.39 is 67.9 Å². The van der Waals surface area contributed by atoms with Crippen LogP contribution in [-0.4, -0.2) is 55.9 Å². The van der Waals surface area contributed by atoms with Gasteiger partial charge in [0, 0.05) is 6.07 Å². The molecule has 0 heterocycles. The lowest BCUT2D eigenvalue weighted by Gasteiger charge is -2.31. The first-order valence-corrected chi connectivity index (χ1v) is 8.66. The van der Waals surface area contributed by atoms with Crippen LogP contribution in [0.3, 0.4) is 0 Å². The average molecular weight is 459 g/mol. The maximum Gasteiger partial charge on any atom is 0.381 e. The molecule has 16 heteroatoms. The van der Waals surface area contributed by atoms with Crippen molar-refractivity contribution in [3.63, 3.8) is 0 Å². The average Bonchev–Trinajstić information content (AvgIpc) is 2.59.